The van der Waals surface area contributed by atoms with Crippen LogP contribution in [0.1, 0.15) is 52.1 Å². The Morgan fingerprint density at radius 3 is 2.45 bits per heavy atom. The molecule has 0 atom stereocenters. The lowest BCUT2D eigenvalue weighted by atomic mass is 9.93. The maximum atomic E-state index is 5.49. The molecule has 1 fully saturated rings. The summed E-state index contributed by atoms with van der Waals surface area (Å²) in [7, 11) is 1.80. The summed E-state index contributed by atoms with van der Waals surface area (Å²) in [6.45, 7) is 10.9. The van der Waals surface area contributed by atoms with Gasteiger partial charge in [0.05, 0.1) is 18.0 Å². The molecule has 156 valence electrons. The van der Waals surface area contributed by atoms with E-state index in [1.807, 2.05) is 12.3 Å². The summed E-state index contributed by atoms with van der Waals surface area (Å²) in [4.78, 5) is 14.1. The van der Waals surface area contributed by atoms with E-state index in [0.29, 0.717) is 18.7 Å². The molecule has 2 heterocycles. The van der Waals surface area contributed by atoms with Crippen LogP contribution in [0.5, 0.6) is 0 Å². The monoisotopic (exact) mass is 400 g/mol. The van der Waals surface area contributed by atoms with Crippen molar-refractivity contribution in [1.82, 2.24) is 15.0 Å². The molecule has 1 aliphatic rings. The van der Waals surface area contributed by atoms with Crippen molar-refractivity contribution in [3.8, 4) is 11.3 Å². The summed E-state index contributed by atoms with van der Waals surface area (Å²) >= 11 is 0. The predicted octanol–water partition coefficient (Wildman–Crippen LogP) is 4.80. The minimum atomic E-state index is 0.0242. The van der Waals surface area contributed by atoms with Crippen LogP contribution in [0.4, 0.5) is 11.6 Å². The molecule has 3 rings (SSSR count). The first kappa shape index (κ1) is 21.2. The Balaban J connectivity index is 1.82. The Labute approximate surface area is 174 Å². The smallest absolute Gasteiger partial charge is 0.169 e. The number of anilines is 2. The van der Waals surface area contributed by atoms with Gasteiger partial charge in [0.25, 0.3) is 0 Å². The van der Waals surface area contributed by atoms with E-state index in [-0.39, 0.29) is 5.41 Å². The molecule has 0 bridgehead atoms. The number of nitrogens with one attached hydrogen (secondary N) is 2. The first-order valence-electron chi connectivity index (χ1n) is 10.4. The zero-order valence-corrected chi connectivity index (χ0v) is 18.0. The second-order valence-corrected chi connectivity index (χ2v) is 8.66. The minimum absolute atomic E-state index is 0.0242. The number of nitrogens with zero attached hydrogens (tertiary/aromatic N) is 3. The van der Waals surface area contributed by atoms with E-state index in [4.69, 9.17) is 9.72 Å². The second kappa shape index (κ2) is 9.35. The van der Waals surface area contributed by atoms with E-state index < -0.39 is 0 Å². The van der Waals surface area contributed by atoms with E-state index in [9.17, 15) is 0 Å². The van der Waals surface area contributed by atoms with Gasteiger partial charge < -0.3 is 15.4 Å². The van der Waals surface area contributed by atoms with Gasteiger partial charge in [-0.3, -0.25) is 4.98 Å². The van der Waals surface area contributed by atoms with Gasteiger partial charge in [0, 0.05) is 42.6 Å². The largest absolute Gasteiger partial charge is 0.381 e. The van der Waals surface area contributed by atoms with Crippen LogP contribution in [0.15, 0.2) is 37.2 Å². The Hall–Kier alpha value is -2.47. The standard InChI is InChI=1S/C23H33N5O/c1-6-13-24-21-22(27-17-8-10-18(29-5)11-9-17)28-19(15-26-21)16-7-12-20(25-14-16)23(2,3)4/h6-7,12,14-15,17-18H,1,8-11,13H2,2-5H3,(H,24,26)(H,27,28)/t17-,18-/i2+1,3+1,6+1,13+1,23+1. The van der Waals surface area contributed by atoms with Gasteiger partial charge in [0.1, 0.15) is 0 Å². The first-order chi connectivity index (χ1) is 13.9. The molecule has 0 radical (unpaired) electrons. The third kappa shape index (κ3) is 5.54. The minimum Gasteiger partial charge on any atom is -0.381 e. The van der Waals surface area contributed by atoms with Gasteiger partial charge in [-0.05, 0) is 37.8 Å². The highest BCUT2D eigenvalue weighted by atomic mass is 16.5. The number of pyridine rings is 1. The molecule has 0 amide bonds. The molecule has 1 saturated carbocycles. The molecule has 1 aliphatic carbocycles. The zero-order valence-electron chi connectivity index (χ0n) is 18.0. The maximum absolute atomic E-state index is 5.49. The molecule has 0 unspecified atom stereocenters. The molecule has 0 spiro atoms. The van der Waals surface area contributed by atoms with Crippen LogP contribution < -0.4 is 10.6 Å². The van der Waals surface area contributed by atoms with Gasteiger partial charge in [-0.2, -0.15) is 0 Å². The summed E-state index contributed by atoms with van der Waals surface area (Å²) in [5, 5.41) is 6.89. The lowest BCUT2D eigenvalue weighted by Crippen LogP contribution is -2.30. The van der Waals surface area contributed by atoms with E-state index in [1.54, 1.807) is 13.3 Å². The average molecular weight is 401 g/mol. The summed E-state index contributed by atoms with van der Waals surface area (Å²) in [5.41, 5.74) is 2.87. The Bertz CT molecular complexity index is 805. The fourth-order valence-corrected chi connectivity index (χ4v) is 3.55. The summed E-state index contributed by atoms with van der Waals surface area (Å²) in [5.74, 6) is 1.53. The van der Waals surface area contributed by atoms with Crippen LogP contribution in [-0.2, 0) is 10.2 Å². The summed E-state index contributed by atoms with van der Waals surface area (Å²) in [6, 6.07) is 4.51. The average Bonchev–Trinajstić information content (AvgIpc) is 2.73. The summed E-state index contributed by atoms with van der Waals surface area (Å²) < 4.78 is 5.49. The van der Waals surface area contributed by atoms with Gasteiger partial charge in [-0.25, -0.2) is 9.97 Å². The van der Waals surface area contributed by atoms with E-state index >= 15 is 0 Å². The van der Waals surface area contributed by atoms with E-state index in [0.717, 1.165) is 54.3 Å². The first-order valence-corrected chi connectivity index (χ1v) is 10.4. The highest BCUT2D eigenvalue weighted by Gasteiger charge is 2.22. The number of aromatic nitrogens is 3. The SMILES string of the molecule is C=[13CH][13CH2]Nc1ncc(-c2ccc([13C](C)([13CH3])[13CH3])nc2)nc1N[C@H]1CC[C@H](OC)CC1. The number of ether oxygens (including phenoxy) is 1. The quantitative estimate of drug-likeness (QED) is 0.514. The van der Waals surface area contributed by atoms with Gasteiger partial charge in [-0.15, -0.1) is 6.58 Å². The van der Waals surface area contributed by atoms with Crippen molar-refractivity contribution in [2.24, 2.45) is 0 Å². The van der Waals surface area contributed by atoms with Gasteiger partial charge in [0.2, 0.25) is 0 Å². The Morgan fingerprint density at radius 1 is 1.10 bits per heavy atom. The fraction of sp³-hybridized carbons (Fsp3) is 0.522. The molecule has 6 heteroatoms. The van der Waals surface area contributed by atoms with Crippen molar-refractivity contribution in [2.45, 2.75) is 64.0 Å². The molecular formula is C23H33N5O. The van der Waals surface area contributed by atoms with E-state index in [1.165, 1.54) is 0 Å². The van der Waals surface area contributed by atoms with Crippen molar-refractivity contribution in [1.29, 1.82) is 0 Å². The molecule has 2 N–H and O–H groups in total. The van der Waals surface area contributed by atoms with Gasteiger partial charge >= 0.3 is 0 Å². The van der Waals surface area contributed by atoms with E-state index in [2.05, 4.69) is 60.1 Å². The molecule has 2 aromatic heterocycles. The zero-order chi connectivity index (χ0) is 20.9. The predicted molar refractivity (Wildman–Crippen MR) is 119 cm³/mol. The molecular weight excluding hydrogens is 367 g/mol. The number of hydrogen-bond donors (Lipinski definition) is 2. The molecule has 0 aromatic carbocycles. The fourth-order valence-electron chi connectivity index (χ4n) is 3.55. The Kier molecular flexibility index (Phi) is 6.85. The van der Waals surface area contributed by atoms with Crippen molar-refractivity contribution in [3.05, 3.63) is 42.9 Å². The van der Waals surface area contributed by atoms with Crippen LogP contribution in [-0.4, -0.2) is 40.8 Å². The van der Waals surface area contributed by atoms with Crippen LogP contribution in [0.25, 0.3) is 11.3 Å². The number of rotatable bonds is 7. The van der Waals surface area contributed by atoms with Crippen LogP contribution in [0.2, 0.25) is 0 Å². The maximum Gasteiger partial charge on any atom is 0.169 e. The lowest BCUT2D eigenvalue weighted by Gasteiger charge is -2.29. The highest BCUT2D eigenvalue weighted by molar-refractivity contribution is 5.66. The van der Waals surface area contributed by atoms with Crippen molar-refractivity contribution < 1.29 is 4.74 Å². The van der Waals surface area contributed by atoms with Gasteiger partial charge in [-0.1, -0.05) is 26.8 Å². The van der Waals surface area contributed by atoms with Crippen molar-refractivity contribution in [2.75, 3.05) is 24.3 Å². The molecule has 29 heavy (non-hydrogen) atoms. The number of methoxy groups -OCH3 is 1. The van der Waals surface area contributed by atoms with Crippen LogP contribution in [0.3, 0.4) is 0 Å². The summed E-state index contributed by atoms with van der Waals surface area (Å²) in [6.07, 6.45) is 10.1. The lowest BCUT2D eigenvalue weighted by molar-refractivity contribution is 0.0681. The Morgan fingerprint density at radius 2 is 1.86 bits per heavy atom. The topological polar surface area (TPSA) is 72.0 Å². The van der Waals surface area contributed by atoms with Crippen LogP contribution >= 0.6 is 0 Å². The second-order valence-electron chi connectivity index (χ2n) is 8.66. The highest BCUT2D eigenvalue weighted by Crippen LogP contribution is 2.28. The molecule has 0 saturated heterocycles. The third-order valence-electron chi connectivity index (χ3n) is 5.36. The number of hydrogen-bond acceptors (Lipinski definition) is 6. The molecule has 0 aliphatic heterocycles. The molecule has 2 aromatic rings. The third-order valence-corrected chi connectivity index (χ3v) is 5.36. The normalized spacial score (nSPS) is 19.6. The van der Waals surface area contributed by atoms with Crippen molar-refractivity contribution in [3.63, 3.8) is 0 Å². The molecule has 6 nitrogen and oxygen atoms in total. The van der Waals surface area contributed by atoms with Crippen molar-refractivity contribution >= 4 is 11.6 Å². The van der Waals surface area contributed by atoms with Gasteiger partial charge in [0.15, 0.2) is 11.6 Å². The van der Waals surface area contributed by atoms with Crippen LogP contribution in [0, 0.1) is 0 Å².